The Morgan fingerprint density at radius 1 is 1.40 bits per heavy atom. The molecule has 2 rings (SSSR count). The quantitative estimate of drug-likeness (QED) is 0.848. The van der Waals surface area contributed by atoms with Crippen molar-refractivity contribution in [1.82, 2.24) is 10.2 Å². The smallest absolute Gasteiger partial charge is 0.337 e. The standard InChI is InChI=1S/C13H14F4N2O/c1-18-9-4-5-19(7-9)12(20)10-6-8(13(15,16)17)2-3-11(10)14/h2-3,6,9,18H,4-5,7H2,1H3. The molecule has 0 saturated carbocycles. The highest BCUT2D eigenvalue weighted by molar-refractivity contribution is 5.95. The molecular formula is C13H14F4N2O. The minimum atomic E-state index is -4.60. The van der Waals surface area contributed by atoms with Crippen LogP contribution in [0, 0.1) is 5.82 Å². The second kappa shape index (κ2) is 5.40. The van der Waals surface area contributed by atoms with Gasteiger partial charge in [-0.05, 0) is 31.7 Å². The molecular weight excluding hydrogens is 276 g/mol. The predicted octanol–water partition coefficient (Wildman–Crippen LogP) is 2.28. The number of rotatable bonds is 2. The lowest BCUT2D eigenvalue weighted by Crippen LogP contribution is -2.34. The largest absolute Gasteiger partial charge is 0.416 e. The average Bonchev–Trinajstić information content (AvgIpc) is 2.86. The molecule has 0 aromatic heterocycles. The van der Waals surface area contributed by atoms with Crippen LogP contribution in [0.15, 0.2) is 18.2 Å². The van der Waals surface area contributed by atoms with Crippen molar-refractivity contribution in [3.05, 3.63) is 35.1 Å². The first-order valence-corrected chi connectivity index (χ1v) is 6.16. The Bertz CT molecular complexity index is 516. The van der Waals surface area contributed by atoms with Crippen LogP contribution >= 0.6 is 0 Å². The lowest BCUT2D eigenvalue weighted by molar-refractivity contribution is -0.137. The molecule has 7 heteroatoms. The zero-order chi connectivity index (χ0) is 14.9. The summed E-state index contributed by atoms with van der Waals surface area (Å²) >= 11 is 0. The maximum absolute atomic E-state index is 13.6. The van der Waals surface area contributed by atoms with Crippen LogP contribution in [0.25, 0.3) is 0 Å². The first kappa shape index (κ1) is 14.8. The molecule has 1 amide bonds. The maximum atomic E-state index is 13.6. The van der Waals surface area contributed by atoms with Crippen LogP contribution in [0.2, 0.25) is 0 Å². The molecule has 0 radical (unpaired) electrons. The Labute approximate surface area is 113 Å². The zero-order valence-corrected chi connectivity index (χ0v) is 10.8. The van der Waals surface area contributed by atoms with Gasteiger partial charge in [0.15, 0.2) is 0 Å². The Hall–Kier alpha value is -1.63. The van der Waals surface area contributed by atoms with Gasteiger partial charge in [-0.2, -0.15) is 13.2 Å². The molecule has 20 heavy (non-hydrogen) atoms. The number of nitrogens with one attached hydrogen (secondary N) is 1. The van der Waals surface area contributed by atoms with Gasteiger partial charge < -0.3 is 10.2 Å². The van der Waals surface area contributed by atoms with E-state index >= 15 is 0 Å². The van der Waals surface area contributed by atoms with E-state index < -0.39 is 29.0 Å². The van der Waals surface area contributed by atoms with E-state index in [0.717, 1.165) is 0 Å². The average molecular weight is 290 g/mol. The molecule has 0 spiro atoms. The van der Waals surface area contributed by atoms with Crippen molar-refractivity contribution in [2.24, 2.45) is 0 Å². The van der Waals surface area contributed by atoms with Gasteiger partial charge in [-0.15, -0.1) is 0 Å². The number of halogens is 4. The molecule has 1 aromatic carbocycles. The second-order valence-corrected chi connectivity index (χ2v) is 4.72. The Kier molecular flexibility index (Phi) is 3.99. The van der Waals surface area contributed by atoms with E-state index in [4.69, 9.17) is 0 Å². The third-order valence-corrected chi connectivity index (χ3v) is 3.41. The van der Waals surface area contributed by atoms with Crippen molar-refractivity contribution in [1.29, 1.82) is 0 Å². The number of carbonyl (C=O) groups is 1. The van der Waals surface area contributed by atoms with Crippen LogP contribution in [-0.4, -0.2) is 37.0 Å². The van der Waals surface area contributed by atoms with Crippen LogP contribution in [0.4, 0.5) is 17.6 Å². The SMILES string of the molecule is CNC1CCN(C(=O)c2cc(C(F)(F)F)ccc2F)C1. The van der Waals surface area contributed by atoms with Crippen molar-refractivity contribution in [2.75, 3.05) is 20.1 Å². The molecule has 1 unspecified atom stereocenters. The van der Waals surface area contributed by atoms with Crippen LogP contribution in [-0.2, 0) is 6.18 Å². The molecule has 1 fully saturated rings. The number of hydrogen-bond donors (Lipinski definition) is 1. The summed E-state index contributed by atoms with van der Waals surface area (Å²) < 4.78 is 51.4. The van der Waals surface area contributed by atoms with Gasteiger partial charge in [0.1, 0.15) is 5.82 Å². The van der Waals surface area contributed by atoms with E-state index in [0.29, 0.717) is 37.7 Å². The van der Waals surface area contributed by atoms with Gasteiger partial charge in [-0.1, -0.05) is 0 Å². The van der Waals surface area contributed by atoms with Gasteiger partial charge >= 0.3 is 6.18 Å². The molecule has 1 heterocycles. The van der Waals surface area contributed by atoms with Crippen LogP contribution in [0.1, 0.15) is 22.3 Å². The number of amides is 1. The van der Waals surface area contributed by atoms with Crippen molar-refractivity contribution in [3.63, 3.8) is 0 Å². The van der Waals surface area contributed by atoms with Crippen LogP contribution in [0.5, 0.6) is 0 Å². The molecule has 0 bridgehead atoms. The third-order valence-electron chi connectivity index (χ3n) is 3.41. The van der Waals surface area contributed by atoms with E-state index in [1.165, 1.54) is 4.90 Å². The van der Waals surface area contributed by atoms with Gasteiger partial charge in [-0.3, -0.25) is 4.79 Å². The molecule has 1 N–H and O–H groups in total. The van der Waals surface area contributed by atoms with Gasteiger partial charge in [0.2, 0.25) is 0 Å². The number of hydrogen-bond acceptors (Lipinski definition) is 2. The van der Waals surface area contributed by atoms with Gasteiger partial charge in [0, 0.05) is 19.1 Å². The number of likely N-dealkylation sites (N-methyl/N-ethyl adjacent to an activating group) is 1. The normalized spacial score (nSPS) is 19.4. The number of alkyl halides is 3. The molecule has 0 aliphatic carbocycles. The van der Waals surface area contributed by atoms with E-state index in [1.54, 1.807) is 7.05 Å². The summed E-state index contributed by atoms with van der Waals surface area (Å²) in [5.74, 6) is -1.64. The molecule has 1 atom stereocenters. The summed E-state index contributed by atoms with van der Waals surface area (Å²) in [6.07, 6.45) is -3.90. The predicted molar refractivity (Wildman–Crippen MR) is 64.8 cm³/mol. The Morgan fingerprint density at radius 3 is 2.65 bits per heavy atom. The fraction of sp³-hybridized carbons (Fsp3) is 0.462. The molecule has 1 aromatic rings. The number of carbonyl (C=O) groups excluding carboxylic acids is 1. The highest BCUT2D eigenvalue weighted by Gasteiger charge is 2.33. The van der Waals surface area contributed by atoms with Gasteiger partial charge in [0.05, 0.1) is 11.1 Å². The lowest BCUT2D eigenvalue weighted by atomic mass is 10.1. The molecule has 1 aliphatic rings. The van der Waals surface area contributed by atoms with Crippen molar-refractivity contribution >= 4 is 5.91 Å². The van der Waals surface area contributed by atoms with Crippen molar-refractivity contribution < 1.29 is 22.4 Å². The van der Waals surface area contributed by atoms with Crippen molar-refractivity contribution in [3.8, 4) is 0 Å². The minimum absolute atomic E-state index is 0.0906. The number of nitrogens with zero attached hydrogens (tertiary/aromatic N) is 1. The van der Waals surface area contributed by atoms with Crippen molar-refractivity contribution in [2.45, 2.75) is 18.6 Å². The summed E-state index contributed by atoms with van der Waals surface area (Å²) in [6, 6.07) is 1.98. The monoisotopic (exact) mass is 290 g/mol. The number of benzene rings is 1. The fourth-order valence-electron chi connectivity index (χ4n) is 2.22. The Balaban J connectivity index is 2.26. The van der Waals surface area contributed by atoms with Gasteiger partial charge in [0.25, 0.3) is 5.91 Å². The highest BCUT2D eigenvalue weighted by Crippen LogP contribution is 2.30. The zero-order valence-electron chi connectivity index (χ0n) is 10.8. The first-order chi connectivity index (χ1) is 9.32. The highest BCUT2D eigenvalue weighted by atomic mass is 19.4. The fourth-order valence-corrected chi connectivity index (χ4v) is 2.22. The summed E-state index contributed by atoms with van der Waals surface area (Å²) in [7, 11) is 1.74. The molecule has 1 saturated heterocycles. The van der Waals surface area contributed by atoms with Crippen LogP contribution in [0.3, 0.4) is 0 Å². The molecule has 3 nitrogen and oxygen atoms in total. The minimum Gasteiger partial charge on any atom is -0.337 e. The molecule has 110 valence electrons. The van der Waals surface area contributed by atoms with Crippen LogP contribution < -0.4 is 5.32 Å². The van der Waals surface area contributed by atoms with E-state index in [-0.39, 0.29) is 6.04 Å². The lowest BCUT2D eigenvalue weighted by Gasteiger charge is -2.17. The summed E-state index contributed by atoms with van der Waals surface area (Å²) in [4.78, 5) is 13.5. The summed E-state index contributed by atoms with van der Waals surface area (Å²) in [6.45, 7) is 0.769. The first-order valence-electron chi connectivity index (χ1n) is 6.16. The third kappa shape index (κ3) is 2.92. The molecule has 1 aliphatic heterocycles. The van der Waals surface area contributed by atoms with E-state index in [9.17, 15) is 22.4 Å². The van der Waals surface area contributed by atoms with Gasteiger partial charge in [-0.25, -0.2) is 4.39 Å². The van der Waals surface area contributed by atoms with E-state index in [1.807, 2.05) is 0 Å². The second-order valence-electron chi connectivity index (χ2n) is 4.72. The maximum Gasteiger partial charge on any atom is 0.416 e. The van der Waals surface area contributed by atoms with E-state index in [2.05, 4.69) is 5.32 Å². The Morgan fingerprint density at radius 2 is 2.10 bits per heavy atom. The summed E-state index contributed by atoms with van der Waals surface area (Å²) in [5, 5.41) is 2.98. The summed E-state index contributed by atoms with van der Waals surface area (Å²) in [5.41, 5.74) is -1.55. The number of likely N-dealkylation sites (tertiary alicyclic amines) is 1. The topological polar surface area (TPSA) is 32.3 Å².